The number of hydrogen-bond donors (Lipinski definition) is 1. The van der Waals surface area contributed by atoms with Crippen LogP contribution in [0.1, 0.15) is 59.8 Å². The van der Waals surface area contributed by atoms with Gasteiger partial charge in [0, 0.05) is 0 Å². The van der Waals surface area contributed by atoms with Crippen molar-refractivity contribution in [2.75, 3.05) is 0 Å². The molecule has 0 saturated heterocycles. The van der Waals surface area contributed by atoms with Crippen molar-refractivity contribution in [1.29, 1.82) is 0 Å². The van der Waals surface area contributed by atoms with Crippen molar-refractivity contribution in [3.63, 3.8) is 0 Å². The zero-order valence-electron chi connectivity index (χ0n) is 18.8. The van der Waals surface area contributed by atoms with Crippen LogP contribution in [0.3, 0.4) is 0 Å². The molecule has 168 valence electrons. The van der Waals surface area contributed by atoms with Gasteiger partial charge in [0.25, 0.3) is 0 Å². The highest BCUT2D eigenvalue weighted by Crippen LogP contribution is 2.26. The van der Waals surface area contributed by atoms with Crippen molar-refractivity contribution < 1.29 is 23.6 Å². The average molecular weight is 437 g/mol. The maximum Gasteiger partial charge on any atom is 0.408 e. The van der Waals surface area contributed by atoms with Crippen LogP contribution in [0.25, 0.3) is 0 Å². The molecule has 1 N–H and O–H groups in total. The number of carbonyl (C=O) groups is 2. The summed E-state index contributed by atoms with van der Waals surface area (Å²) in [5.74, 6) is -0.226. The summed E-state index contributed by atoms with van der Waals surface area (Å²) in [4.78, 5) is 25.4. The lowest BCUT2D eigenvalue weighted by molar-refractivity contribution is 0.00656. The van der Waals surface area contributed by atoms with Crippen molar-refractivity contribution in [3.05, 3.63) is 88.8 Å². The van der Waals surface area contributed by atoms with Crippen LogP contribution < -0.4 is 5.32 Å². The number of aryl methyl sites for hydroxylation is 1. The highest BCUT2D eigenvalue weighted by molar-refractivity contribution is 5.92. The lowest BCUT2D eigenvalue weighted by atomic mass is 9.99. The molecule has 1 heterocycles. The van der Waals surface area contributed by atoms with E-state index >= 15 is 0 Å². The summed E-state index contributed by atoms with van der Waals surface area (Å²) in [6.07, 6.45) is -0.228. The zero-order valence-corrected chi connectivity index (χ0v) is 18.8. The van der Waals surface area contributed by atoms with Gasteiger partial charge < -0.3 is 19.3 Å². The van der Waals surface area contributed by atoms with Crippen molar-refractivity contribution in [3.8, 4) is 0 Å². The summed E-state index contributed by atoms with van der Waals surface area (Å²) in [6, 6.07) is 18.3. The van der Waals surface area contributed by atoms with Crippen LogP contribution in [0.5, 0.6) is 0 Å². The maximum atomic E-state index is 12.9. The Bertz CT molecular complexity index is 1040. The van der Waals surface area contributed by atoms with E-state index < -0.39 is 23.7 Å². The number of hydrogen-bond acceptors (Lipinski definition) is 6. The largest absolute Gasteiger partial charge is 0.456 e. The number of nitrogens with one attached hydrogen (secondary N) is 1. The van der Waals surface area contributed by atoms with Crippen molar-refractivity contribution in [2.45, 2.75) is 52.4 Å². The third-order valence-corrected chi connectivity index (χ3v) is 4.61. The van der Waals surface area contributed by atoms with Crippen LogP contribution >= 0.6 is 0 Å². The quantitative estimate of drug-likeness (QED) is 0.515. The fourth-order valence-electron chi connectivity index (χ4n) is 3.18. The fourth-order valence-corrected chi connectivity index (χ4v) is 3.18. The van der Waals surface area contributed by atoms with E-state index in [4.69, 9.17) is 14.0 Å². The summed E-state index contributed by atoms with van der Waals surface area (Å²) in [7, 11) is 0. The first kappa shape index (κ1) is 23.1. The van der Waals surface area contributed by atoms with Crippen molar-refractivity contribution in [1.82, 2.24) is 10.5 Å². The molecular weight excluding hydrogens is 408 g/mol. The second-order valence-corrected chi connectivity index (χ2v) is 8.45. The molecule has 7 heteroatoms. The predicted octanol–water partition coefficient (Wildman–Crippen LogP) is 5.15. The van der Waals surface area contributed by atoms with Gasteiger partial charge >= 0.3 is 12.1 Å². The molecular formula is C25H28N2O5. The second kappa shape index (κ2) is 10.1. The fraction of sp³-hybridized carbons (Fsp3) is 0.320. The Labute approximate surface area is 187 Å². The molecule has 3 aromatic rings. The van der Waals surface area contributed by atoms with Gasteiger partial charge in [-0.3, -0.25) is 0 Å². The van der Waals surface area contributed by atoms with E-state index in [9.17, 15) is 9.59 Å². The second-order valence-electron chi connectivity index (χ2n) is 8.45. The van der Waals surface area contributed by atoms with E-state index in [2.05, 4.69) is 10.5 Å². The van der Waals surface area contributed by atoms with Gasteiger partial charge in [-0.15, -0.1) is 0 Å². The van der Waals surface area contributed by atoms with Crippen LogP contribution in [0.2, 0.25) is 0 Å². The summed E-state index contributed by atoms with van der Waals surface area (Å²) < 4.78 is 16.2. The molecule has 0 aliphatic heterocycles. The maximum absolute atomic E-state index is 12.9. The Morgan fingerprint density at radius 2 is 1.59 bits per heavy atom. The summed E-state index contributed by atoms with van der Waals surface area (Å²) in [5, 5.41) is 6.92. The first-order chi connectivity index (χ1) is 15.2. The lowest BCUT2D eigenvalue weighted by Gasteiger charge is -2.21. The highest BCUT2D eigenvalue weighted by Gasteiger charge is 2.31. The van der Waals surface area contributed by atoms with Crippen LogP contribution in [-0.4, -0.2) is 22.8 Å². The molecule has 1 amide bonds. The molecule has 0 aliphatic carbocycles. The average Bonchev–Trinajstić information content (AvgIpc) is 3.14. The molecule has 0 spiro atoms. The smallest absolute Gasteiger partial charge is 0.408 e. The Morgan fingerprint density at radius 1 is 1.00 bits per heavy atom. The van der Waals surface area contributed by atoms with Gasteiger partial charge in [0.1, 0.15) is 29.2 Å². The monoisotopic (exact) mass is 436 g/mol. The van der Waals surface area contributed by atoms with Gasteiger partial charge in [0.2, 0.25) is 0 Å². The molecule has 1 aromatic heterocycles. The van der Waals surface area contributed by atoms with Crippen molar-refractivity contribution >= 4 is 12.1 Å². The molecule has 0 bridgehead atoms. The minimum absolute atomic E-state index is 0.126. The van der Waals surface area contributed by atoms with Crippen LogP contribution in [-0.2, 0) is 22.5 Å². The van der Waals surface area contributed by atoms with Gasteiger partial charge in [0.05, 0.1) is 6.04 Å². The molecule has 0 aliphatic rings. The van der Waals surface area contributed by atoms with E-state index in [1.807, 2.05) is 60.7 Å². The molecule has 7 nitrogen and oxygen atoms in total. The summed E-state index contributed by atoms with van der Waals surface area (Å²) in [6.45, 7) is 7.13. The standard InChI is InChI=1S/C25H28N2O5/c1-17-21(23(28)31-25(2,3)4)22(27-32-17)20(15-18-11-7-5-8-12-18)26-24(29)30-16-19-13-9-6-10-14-19/h5-14,20H,15-16H2,1-4H3,(H,26,29)/t20-/m0/s1. The number of ether oxygens (including phenoxy) is 2. The van der Waals surface area contributed by atoms with E-state index in [-0.39, 0.29) is 12.2 Å². The van der Waals surface area contributed by atoms with E-state index in [1.165, 1.54) is 0 Å². The Balaban J connectivity index is 1.83. The molecule has 0 fully saturated rings. The van der Waals surface area contributed by atoms with Gasteiger partial charge in [-0.2, -0.15) is 0 Å². The number of nitrogens with zero attached hydrogens (tertiary/aromatic N) is 1. The number of aromatic nitrogens is 1. The third-order valence-electron chi connectivity index (χ3n) is 4.61. The Kier molecular flexibility index (Phi) is 7.30. The van der Waals surface area contributed by atoms with Crippen LogP contribution in [0.15, 0.2) is 65.2 Å². The van der Waals surface area contributed by atoms with Gasteiger partial charge in [0.15, 0.2) is 0 Å². The SMILES string of the molecule is Cc1onc([C@H](Cc2ccccc2)NC(=O)OCc2ccccc2)c1C(=O)OC(C)(C)C. The van der Waals surface area contributed by atoms with Gasteiger partial charge in [-0.1, -0.05) is 65.8 Å². The molecule has 0 unspecified atom stereocenters. The van der Waals surface area contributed by atoms with Gasteiger partial charge in [-0.25, -0.2) is 9.59 Å². The number of amides is 1. The molecule has 0 saturated carbocycles. The van der Waals surface area contributed by atoms with Gasteiger partial charge in [-0.05, 0) is 45.2 Å². The summed E-state index contributed by atoms with van der Waals surface area (Å²) in [5.41, 5.74) is 1.65. The molecule has 2 aromatic carbocycles. The van der Waals surface area contributed by atoms with E-state index in [0.717, 1.165) is 11.1 Å². The molecule has 1 atom stereocenters. The topological polar surface area (TPSA) is 90.7 Å². The van der Waals surface area contributed by atoms with E-state index in [0.29, 0.717) is 17.9 Å². The first-order valence-electron chi connectivity index (χ1n) is 10.4. The van der Waals surface area contributed by atoms with Crippen LogP contribution in [0.4, 0.5) is 4.79 Å². The van der Waals surface area contributed by atoms with E-state index in [1.54, 1.807) is 27.7 Å². The van der Waals surface area contributed by atoms with Crippen LogP contribution in [0, 0.1) is 6.92 Å². The number of alkyl carbamates (subject to hydrolysis) is 1. The number of rotatable bonds is 7. The normalized spacial score (nSPS) is 12.1. The summed E-state index contributed by atoms with van der Waals surface area (Å²) >= 11 is 0. The molecule has 32 heavy (non-hydrogen) atoms. The Morgan fingerprint density at radius 3 is 2.19 bits per heavy atom. The number of carbonyl (C=O) groups excluding carboxylic acids is 2. The Hall–Kier alpha value is -3.61. The number of benzene rings is 2. The minimum atomic E-state index is -0.685. The minimum Gasteiger partial charge on any atom is -0.456 e. The van der Waals surface area contributed by atoms with Crippen molar-refractivity contribution in [2.24, 2.45) is 0 Å². The zero-order chi connectivity index (χ0) is 23.1. The predicted molar refractivity (Wildman–Crippen MR) is 119 cm³/mol. The number of esters is 1. The third kappa shape index (κ3) is 6.44. The lowest BCUT2D eigenvalue weighted by Crippen LogP contribution is -2.32. The molecule has 3 rings (SSSR count). The first-order valence-corrected chi connectivity index (χ1v) is 10.4. The molecule has 0 radical (unpaired) electrons. The highest BCUT2D eigenvalue weighted by atomic mass is 16.6.